The van der Waals surface area contributed by atoms with E-state index in [0.29, 0.717) is 16.6 Å². The highest BCUT2D eigenvalue weighted by molar-refractivity contribution is 9.10. The Morgan fingerprint density at radius 2 is 1.59 bits per heavy atom. The number of rotatable bonds is 6. The highest BCUT2D eigenvalue weighted by Crippen LogP contribution is 2.15. The molecular formula is C17H17BrN2O2. The van der Waals surface area contributed by atoms with Crippen LogP contribution in [0.2, 0.25) is 0 Å². The largest absolute Gasteiger partial charge is 0.354 e. The number of amides is 2. The van der Waals surface area contributed by atoms with Crippen molar-refractivity contribution in [3.63, 3.8) is 0 Å². The van der Waals surface area contributed by atoms with E-state index < -0.39 is 0 Å². The third-order valence-corrected chi connectivity index (χ3v) is 3.80. The van der Waals surface area contributed by atoms with Crippen LogP contribution in [0.5, 0.6) is 0 Å². The quantitative estimate of drug-likeness (QED) is 0.831. The van der Waals surface area contributed by atoms with E-state index in [9.17, 15) is 9.59 Å². The first kappa shape index (κ1) is 16.2. The van der Waals surface area contributed by atoms with Crippen molar-refractivity contribution in [2.24, 2.45) is 0 Å². The van der Waals surface area contributed by atoms with Gasteiger partial charge in [0.25, 0.3) is 5.91 Å². The number of halogens is 1. The molecular weight excluding hydrogens is 344 g/mol. The first-order chi connectivity index (χ1) is 10.7. The fraction of sp³-hybridized carbons (Fsp3) is 0.176. The van der Waals surface area contributed by atoms with Crippen LogP contribution in [0.15, 0.2) is 59.1 Å². The standard InChI is InChI=1S/C17H17BrN2O2/c18-15-9-5-4-8-14(15)17(22)20-12-16(21)19-11-10-13-6-2-1-3-7-13/h1-9H,10-12H2,(H,19,21)(H,20,22). The lowest BCUT2D eigenvalue weighted by molar-refractivity contribution is -0.120. The molecule has 0 aromatic heterocycles. The van der Waals surface area contributed by atoms with E-state index in [4.69, 9.17) is 0 Å². The van der Waals surface area contributed by atoms with Gasteiger partial charge in [-0.1, -0.05) is 42.5 Å². The van der Waals surface area contributed by atoms with E-state index in [1.165, 1.54) is 5.56 Å². The summed E-state index contributed by atoms with van der Waals surface area (Å²) in [7, 11) is 0. The summed E-state index contributed by atoms with van der Waals surface area (Å²) in [5.74, 6) is -0.470. The Morgan fingerprint density at radius 1 is 0.909 bits per heavy atom. The summed E-state index contributed by atoms with van der Waals surface area (Å²) in [6, 6.07) is 17.0. The minimum Gasteiger partial charge on any atom is -0.354 e. The Balaban J connectivity index is 1.72. The molecule has 2 N–H and O–H groups in total. The summed E-state index contributed by atoms with van der Waals surface area (Å²) in [5.41, 5.74) is 1.68. The Kier molecular flexibility index (Phi) is 6.15. The zero-order valence-electron chi connectivity index (χ0n) is 12.0. The molecule has 0 saturated carbocycles. The molecule has 0 aliphatic rings. The second-order valence-corrected chi connectivity index (χ2v) is 5.60. The summed E-state index contributed by atoms with van der Waals surface area (Å²) in [5, 5.41) is 5.39. The lowest BCUT2D eigenvalue weighted by Crippen LogP contribution is -2.37. The smallest absolute Gasteiger partial charge is 0.252 e. The van der Waals surface area contributed by atoms with Crippen LogP contribution in [0.25, 0.3) is 0 Å². The van der Waals surface area contributed by atoms with Gasteiger partial charge < -0.3 is 10.6 Å². The van der Waals surface area contributed by atoms with Crippen molar-refractivity contribution in [1.29, 1.82) is 0 Å². The van der Waals surface area contributed by atoms with Crippen molar-refractivity contribution in [3.05, 3.63) is 70.2 Å². The van der Waals surface area contributed by atoms with Gasteiger partial charge in [0, 0.05) is 11.0 Å². The van der Waals surface area contributed by atoms with Gasteiger partial charge in [0.15, 0.2) is 0 Å². The van der Waals surface area contributed by atoms with Crippen LogP contribution in [0.1, 0.15) is 15.9 Å². The van der Waals surface area contributed by atoms with Gasteiger partial charge in [-0.2, -0.15) is 0 Å². The van der Waals surface area contributed by atoms with Gasteiger partial charge in [-0.05, 0) is 40.0 Å². The average Bonchev–Trinajstić information content (AvgIpc) is 2.54. The molecule has 0 fully saturated rings. The van der Waals surface area contributed by atoms with Crippen LogP contribution in [0.4, 0.5) is 0 Å². The van der Waals surface area contributed by atoms with Crippen molar-refractivity contribution in [2.45, 2.75) is 6.42 Å². The molecule has 0 radical (unpaired) electrons. The van der Waals surface area contributed by atoms with Crippen LogP contribution >= 0.6 is 15.9 Å². The van der Waals surface area contributed by atoms with E-state index in [0.717, 1.165) is 6.42 Å². The second-order valence-electron chi connectivity index (χ2n) is 4.75. The summed E-state index contributed by atoms with van der Waals surface area (Å²) >= 11 is 3.31. The maximum Gasteiger partial charge on any atom is 0.252 e. The number of hydrogen-bond donors (Lipinski definition) is 2. The fourth-order valence-electron chi connectivity index (χ4n) is 1.95. The Morgan fingerprint density at radius 3 is 2.32 bits per heavy atom. The molecule has 0 unspecified atom stereocenters. The normalized spacial score (nSPS) is 10.0. The fourth-order valence-corrected chi connectivity index (χ4v) is 2.42. The van der Waals surface area contributed by atoms with E-state index in [1.54, 1.807) is 18.2 Å². The number of benzene rings is 2. The SMILES string of the molecule is O=C(CNC(=O)c1ccccc1Br)NCCc1ccccc1. The average molecular weight is 361 g/mol. The van der Waals surface area contributed by atoms with Crippen molar-refractivity contribution >= 4 is 27.7 Å². The van der Waals surface area contributed by atoms with Gasteiger partial charge in [-0.25, -0.2) is 0 Å². The van der Waals surface area contributed by atoms with Gasteiger partial charge in [0.05, 0.1) is 12.1 Å². The molecule has 114 valence electrons. The molecule has 0 bridgehead atoms. The molecule has 0 heterocycles. The Hall–Kier alpha value is -2.14. The number of carbonyl (C=O) groups excluding carboxylic acids is 2. The van der Waals surface area contributed by atoms with Crippen LogP contribution in [-0.4, -0.2) is 24.9 Å². The molecule has 0 saturated heterocycles. The van der Waals surface area contributed by atoms with E-state index in [-0.39, 0.29) is 18.4 Å². The van der Waals surface area contributed by atoms with Crippen LogP contribution < -0.4 is 10.6 Å². The summed E-state index contributed by atoms with van der Waals surface area (Å²) in [4.78, 5) is 23.7. The molecule has 2 aromatic rings. The predicted molar refractivity (Wildman–Crippen MR) is 89.6 cm³/mol. The number of hydrogen-bond acceptors (Lipinski definition) is 2. The lowest BCUT2D eigenvalue weighted by atomic mass is 10.1. The molecule has 22 heavy (non-hydrogen) atoms. The number of carbonyl (C=O) groups is 2. The molecule has 0 spiro atoms. The van der Waals surface area contributed by atoms with Crippen LogP contribution in [0, 0.1) is 0 Å². The van der Waals surface area contributed by atoms with E-state index in [1.807, 2.05) is 36.4 Å². The zero-order chi connectivity index (χ0) is 15.8. The van der Waals surface area contributed by atoms with E-state index in [2.05, 4.69) is 26.6 Å². The molecule has 5 heteroatoms. The summed E-state index contributed by atoms with van der Waals surface area (Å²) < 4.78 is 0.706. The van der Waals surface area contributed by atoms with Crippen molar-refractivity contribution < 1.29 is 9.59 Å². The van der Waals surface area contributed by atoms with Gasteiger partial charge >= 0.3 is 0 Å². The third-order valence-electron chi connectivity index (χ3n) is 3.11. The van der Waals surface area contributed by atoms with Crippen molar-refractivity contribution in [3.8, 4) is 0 Å². The van der Waals surface area contributed by atoms with Crippen LogP contribution in [0.3, 0.4) is 0 Å². The maximum absolute atomic E-state index is 11.9. The van der Waals surface area contributed by atoms with Crippen molar-refractivity contribution in [1.82, 2.24) is 10.6 Å². The molecule has 2 rings (SSSR count). The monoisotopic (exact) mass is 360 g/mol. The van der Waals surface area contributed by atoms with Gasteiger partial charge in [-0.3, -0.25) is 9.59 Å². The lowest BCUT2D eigenvalue weighted by Gasteiger charge is -2.08. The predicted octanol–water partition coefficient (Wildman–Crippen LogP) is 2.54. The number of nitrogens with one attached hydrogen (secondary N) is 2. The minimum atomic E-state index is -0.273. The minimum absolute atomic E-state index is 0.0328. The van der Waals surface area contributed by atoms with Crippen LogP contribution in [-0.2, 0) is 11.2 Å². The highest BCUT2D eigenvalue weighted by atomic mass is 79.9. The second kappa shape index (κ2) is 8.34. The van der Waals surface area contributed by atoms with Gasteiger partial charge in [0.2, 0.25) is 5.91 Å². The molecule has 0 atom stereocenters. The Bertz CT molecular complexity index is 644. The highest BCUT2D eigenvalue weighted by Gasteiger charge is 2.10. The van der Waals surface area contributed by atoms with E-state index >= 15 is 0 Å². The summed E-state index contributed by atoms with van der Waals surface area (Å²) in [6.45, 7) is 0.517. The maximum atomic E-state index is 11.9. The Labute approximate surface area is 138 Å². The molecule has 2 aromatic carbocycles. The first-order valence-electron chi connectivity index (χ1n) is 7.00. The van der Waals surface area contributed by atoms with Crippen molar-refractivity contribution in [2.75, 3.05) is 13.1 Å². The summed E-state index contributed by atoms with van der Waals surface area (Å²) in [6.07, 6.45) is 0.769. The third kappa shape index (κ3) is 5.00. The topological polar surface area (TPSA) is 58.2 Å². The first-order valence-corrected chi connectivity index (χ1v) is 7.79. The molecule has 4 nitrogen and oxygen atoms in total. The molecule has 0 aliphatic carbocycles. The molecule has 2 amide bonds. The van der Waals surface area contributed by atoms with Gasteiger partial charge in [0.1, 0.15) is 0 Å². The molecule has 0 aliphatic heterocycles. The zero-order valence-corrected chi connectivity index (χ0v) is 13.6. The van der Waals surface area contributed by atoms with Gasteiger partial charge in [-0.15, -0.1) is 0 Å².